The van der Waals surface area contributed by atoms with Gasteiger partial charge < -0.3 is 0 Å². The maximum absolute atomic E-state index is 11.6. The average Bonchev–Trinajstić information content (AvgIpc) is 2.52. The zero-order valence-corrected chi connectivity index (χ0v) is 12.1. The lowest BCUT2D eigenvalue weighted by Crippen LogP contribution is -2.04. The smallest absolute Gasteiger partial charge is 0.159 e. The molecule has 1 heteroatoms. The predicted octanol–water partition coefficient (Wildman–Crippen LogP) is 5.05. The predicted molar refractivity (Wildman–Crippen MR) is 74.1 cm³/mol. The van der Waals surface area contributed by atoms with Crippen molar-refractivity contribution in [2.75, 3.05) is 0 Å². The topological polar surface area (TPSA) is 17.1 Å². The van der Waals surface area contributed by atoms with Crippen LogP contribution in [0.25, 0.3) is 0 Å². The van der Waals surface area contributed by atoms with E-state index >= 15 is 0 Å². The second kappa shape index (κ2) is 6.37. The molecule has 0 radical (unpaired) electrons. The summed E-state index contributed by atoms with van der Waals surface area (Å²) in [7, 11) is 0. The van der Waals surface area contributed by atoms with Crippen molar-refractivity contribution in [2.24, 2.45) is 5.41 Å². The first kappa shape index (κ1) is 14.5. The third-order valence-electron chi connectivity index (χ3n) is 3.68. The van der Waals surface area contributed by atoms with Crippen LogP contribution in [0.4, 0.5) is 0 Å². The van der Waals surface area contributed by atoms with Gasteiger partial charge in [-0.05, 0) is 43.6 Å². The van der Waals surface area contributed by atoms with Gasteiger partial charge in [-0.2, -0.15) is 0 Å². The summed E-state index contributed by atoms with van der Waals surface area (Å²) in [5, 5.41) is 0. The molecule has 17 heavy (non-hydrogen) atoms. The van der Waals surface area contributed by atoms with Crippen LogP contribution in [-0.2, 0) is 4.79 Å². The Morgan fingerprint density at radius 2 is 1.65 bits per heavy atom. The number of hydrogen-bond acceptors (Lipinski definition) is 1. The van der Waals surface area contributed by atoms with Crippen LogP contribution >= 0.6 is 0 Å². The first-order valence-electron chi connectivity index (χ1n) is 7.12. The number of unbranched alkanes of at least 4 members (excludes halogenated alkanes) is 3. The Bertz CT molecular complexity index is 291. The van der Waals surface area contributed by atoms with E-state index in [4.69, 9.17) is 0 Å². The monoisotopic (exact) mass is 236 g/mol. The van der Waals surface area contributed by atoms with Gasteiger partial charge in [0, 0.05) is 6.42 Å². The Hall–Kier alpha value is -0.590. The van der Waals surface area contributed by atoms with E-state index in [0.29, 0.717) is 11.2 Å². The third kappa shape index (κ3) is 5.52. The first-order chi connectivity index (χ1) is 7.90. The van der Waals surface area contributed by atoms with Crippen LogP contribution < -0.4 is 0 Å². The second-order valence-electron chi connectivity index (χ2n) is 6.66. The number of carbonyl (C=O) groups is 1. The molecule has 0 atom stereocenters. The Morgan fingerprint density at radius 3 is 2.18 bits per heavy atom. The van der Waals surface area contributed by atoms with Crippen molar-refractivity contribution in [3.8, 4) is 0 Å². The Labute approximate surface area is 107 Å². The summed E-state index contributed by atoms with van der Waals surface area (Å²) in [4.78, 5) is 11.6. The van der Waals surface area contributed by atoms with Crippen LogP contribution in [0.15, 0.2) is 11.1 Å². The fourth-order valence-electron chi connectivity index (χ4n) is 2.50. The Morgan fingerprint density at radius 1 is 1.00 bits per heavy atom. The van der Waals surface area contributed by atoms with Crippen LogP contribution in [-0.4, -0.2) is 5.78 Å². The summed E-state index contributed by atoms with van der Waals surface area (Å²) in [6.07, 6.45) is 9.24. The number of allylic oxidation sites excluding steroid dienone is 2. The minimum absolute atomic E-state index is 0.414. The van der Waals surface area contributed by atoms with Gasteiger partial charge in [-0.25, -0.2) is 0 Å². The number of hydrogen-bond donors (Lipinski definition) is 0. The molecule has 0 aromatic heterocycles. The largest absolute Gasteiger partial charge is 0.295 e. The standard InChI is InChI=1S/C16H28O/c1-13-10-11-15(17)14(13)9-7-5-6-8-12-16(2,3)4/h5-12H2,1-4H3. The molecular formula is C16H28O. The molecule has 0 saturated heterocycles. The van der Waals surface area contributed by atoms with Crippen molar-refractivity contribution in [2.45, 2.75) is 79.1 Å². The second-order valence-corrected chi connectivity index (χ2v) is 6.66. The van der Waals surface area contributed by atoms with E-state index in [1.165, 1.54) is 37.7 Å². The third-order valence-corrected chi connectivity index (χ3v) is 3.68. The fourth-order valence-corrected chi connectivity index (χ4v) is 2.50. The summed E-state index contributed by atoms with van der Waals surface area (Å²) in [5.74, 6) is 0.414. The Balaban J connectivity index is 2.09. The maximum atomic E-state index is 11.6. The van der Waals surface area contributed by atoms with Crippen LogP contribution in [0.3, 0.4) is 0 Å². The summed E-state index contributed by atoms with van der Waals surface area (Å²) < 4.78 is 0. The van der Waals surface area contributed by atoms with E-state index in [-0.39, 0.29) is 0 Å². The van der Waals surface area contributed by atoms with Crippen molar-refractivity contribution in [1.29, 1.82) is 0 Å². The molecule has 1 rings (SSSR count). The summed E-state index contributed by atoms with van der Waals surface area (Å²) in [6.45, 7) is 9.04. The van der Waals surface area contributed by atoms with Gasteiger partial charge in [0.25, 0.3) is 0 Å². The molecule has 1 nitrogen and oxygen atoms in total. The van der Waals surface area contributed by atoms with E-state index in [1.54, 1.807) is 0 Å². The van der Waals surface area contributed by atoms with Gasteiger partial charge in [0.05, 0.1) is 0 Å². The normalized spacial score (nSPS) is 17.1. The van der Waals surface area contributed by atoms with E-state index in [2.05, 4.69) is 27.7 Å². The van der Waals surface area contributed by atoms with Gasteiger partial charge >= 0.3 is 0 Å². The molecule has 0 aliphatic heterocycles. The molecule has 0 bridgehead atoms. The molecule has 0 saturated carbocycles. The van der Waals surface area contributed by atoms with Gasteiger partial charge in [0.15, 0.2) is 5.78 Å². The quantitative estimate of drug-likeness (QED) is 0.590. The molecule has 0 amide bonds. The molecule has 0 aromatic rings. The molecule has 0 spiro atoms. The fraction of sp³-hybridized carbons (Fsp3) is 0.812. The van der Waals surface area contributed by atoms with Gasteiger partial charge in [0.2, 0.25) is 0 Å². The minimum atomic E-state index is 0.414. The lowest BCUT2D eigenvalue weighted by Gasteiger charge is -2.17. The highest BCUT2D eigenvalue weighted by molar-refractivity contribution is 5.98. The van der Waals surface area contributed by atoms with Crippen molar-refractivity contribution >= 4 is 5.78 Å². The summed E-state index contributed by atoms with van der Waals surface area (Å²) in [6, 6.07) is 0. The number of rotatable bonds is 6. The number of ketones is 1. The Kier molecular flexibility index (Phi) is 5.42. The van der Waals surface area contributed by atoms with Gasteiger partial charge in [-0.3, -0.25) is 4.79 Å². The van der Waals surface area contributed by atoms with Crippen LogP contribution in [0.2, 0.25) is 0 Å². The van der Waals surface area contributed by atoms with E-state index in [0.717, 1.165) is 24.8 Å². The van der Waals surface area contributed by atoms with E-state index < -0.39 is 0 Å². The van der Waals surface area contributed by atoms with Crippen molar-refractivity contribution < 1.29 is 4.79 Å². The molecule has 0 aromatic carbocycles. The highest BCUT2D eigenvalue weighted by Crippen LogP contribution is 2.27. The maximum Gasteiger partial charge on any atom is 0.159 e. The molecule has 1 aliphatic rings. The van der Waals surface area contributed by atoms with Crippen molar-refractivity contribution in [3.63, 3.8) is 0 Å². The first-order valence-corrected chi connectivity index (χ1v) is 7.12. The van der Waals surface area contributed by atoms with Crippen LogP contribution in [0.1, 0.15) is 79.1 Å². The summed E-state index contributed by atoms with van der Waals surface area (Å²) in [5.41, 5.74) is 2.98. The highest BCUT2D eigenvalue weighted by Gasteiger charge is 2.18. The van der Waals surface area contributed by atoms with Crippen molar-refractivity contribution in [3.05, 3.63) is 11.1 Å². The average molecular weight is 236 g/mol. The van der Waals surface area contributed by atoms with E-state index in [1.807, 2.05) is 0 Å². The molecular weight excluding hydrogens is 208 g/mol. The molecule has 0 fully saturated rings. The summed E-state index contributed by atoms with van der Waals surface area (Å²) >= 11 is 0. The minimum Gasteiger partial charge on any atom is -0.295 e. The van der Waals surface area contributed by atoms with Crippen LogP contribution in [0.5, 0.6) is 0 Å². The molecule has 1 aliphatic carbocycles. The van der Waals surface area contributed by atoms with Crippen molar-refractivity contribution in [1.82, 2.24) is 0 Å². The molecule has 98 valence electrons. The number of carbonyl (C=O) groups excluding carboxylic acids is 1. The van der Waals surface area contributed by atoms with Gasteiger partial charge in [0.1, 0.15) is 0 Å². The SMILES string of the molecule is CC1=C(CCCCCCC(C)(C)C)C(=O)CC1. The van der Waals surface area contributed by atoms with E-state index in [9.17, 15) is 4.79 Å². The molecule has 0 unspecified atom stereocenters. The van der Waals surface area contributed by atoms with Gasteiger partial charge in [-0.15, -0.1) is 0 Å². The zero-order valence-electron chi connectivity index (χ0n) is 12.1. The molecule has 0 heterocycles. The van der Waals surface area contributed by atoms with Gasteiger partial charge in [-0.1, -0.05) is 45.6 Å². The lowest BCUT2D eigenvalue weighted by atomic mass is 9.89. The lowest BCUT2D eigenvalue weighted by molar-refractivity contribution is -0.115. The van der Waals surface area contributed by atoms with Crippen LogP contribution in [0, 0.1) is 5.41 Å². The molecule has 0 N–H and O–H groups in total. The number of Topliss-reactive ketones (excluding diaryl/α,β-unsaturated/α-hetero) is 1. The highest BCUT2D eigenvalue weighted by atomic mass is 16.1. The zero-order chi connectivity index (χ0) is 12.9.